The molecule has 94 valence electrons. The summed E-state index contributed by atoms with van der Waals surface area (Å²) < 4.78 is 15.0. The van der Waals surface area contributed by atoms with Crippen LogP contribution in [-0.4, -0.2) is 16.1 Å². The summed E-state index contributed by atoms with van der Waals surface area (Å²) in [5.74, 6) is 0.339. The lowest BCUT2D eigenvalue weighted by molar-refractivity contribution is 0.627. The van der Waals surface area contributed by atoms with Gasteiger partial charge in [0.05, 0.1) is 11.6 Å². The SMILES string of the molecule is C=CCNc1nccn1Cc1ccc(F)c(Cl)c1. The lowest BCUT2D eigenvalue weighted by atomic mass is 10.2. The molecule has 0 spiro atoms. The molecule has 1 aromatic heterocycles. The van der Waals surface area contributed by atoms with Crippen molar-refractivity contribution in [2.75, 3.05) is 11.9 Å². The van der Waals surface area contributed by atoms with Crippen LogP contribution in [0, 0.1) is 5.82 Å². The van der Waals surface area contributed by atoms with Crippen LogP contribution in [0.2, 0.25) is 5.02 Å². The third kappa shape index (κ3) is 2.90. The minimum absolute atomic E-state index is 0.133. The highest BCUT2D eigenvalue weighted by Crippen LogP contribution is 2.17. The van der Waals surface area contributed by atoms with Crippen LogP contribution in [-0.2, 0) is 6.54 Å². The average Bonchev–Trinajstić information content (AvgIpc) is 2.79. The van der Waals surface area contributed by atoms with E-state index >= 15 is 0 Å². The number of anilines is 1. The first-order valence-electron chi connectivity index (χ1n) is 5.50. The molecule has 1 heterocycles. The Labute approximate surface area is 110 Å². The predicted molar refractivity (Wildman–Crippen MR) is 71.4 cm³/mol. The van der Waals surface area contributed by atoms with E-state index in [1.807, 2.05) is 10.8 Å². The van der Waals surface area contributed by atoms with Gasteiger partial charge in [-0.15, -0.1) is 6.58 Å². The molecule has 1 N–H and O–H groups in total. The molecule has 0 saturated heterocycles. The van der Waals surface area contributed by atoms with Gasteiger partial charge in [-0.3, -0.25) is 0 Å². The molecular weight excluding hydrogens is 253 g/mol. The second-order valence-electron chi connectivity index (χ2n) is 3.80. The zero-order valence-corrected chi connectivity index (χ0v) is 10.5. The van der Waals surface area contributed by atoms with Gasteiger partial charge >= 0.3 is 0 Å². The van der Waals surface area contributed by atoms with E-state index in [0.717, 1.165) is 11.5 Å². The van der Waals surface area contributed by atoms with E-state index in [1.165, 1.54) is 6.07 Å². The van der Waals surface area contributed by atoms with Crippen molar-refractivity contribution in [2.24, 2.45) is 0 Å². The maximum absolute atomic E-state index is 13.0. The molecule has 0 unspecified atom stereocenters. The molecule has 1 aromatic carbocycles. The van der Waals surface area contributed by atoms with Crippen LogP contribution in [0.5, 0.6) is 0 Å². The number of rotatable bonds is 5. The molecule has 0 aliphatic carbocycles. The van der Waals surface area contributed by atoms with Gasteiger partial charge < -0.3 is 9.88 Å². The Balaban J connectivity index is 2.15. The van der Waals surface area contributed by atoms with Gasteiger partial charge in [0.15, 0.2) is 0 Å². The molecule has 18 heavy (non-hydrogen) atoms. The maximum atomic E-state index is 13.0. The van der Waals surface area contributed by atoms with Gasteiger partial charge in [-0.1, -0.05) is 23.7 Å². The lowest BCUT2D eigenvalue weighted by Crippen LogP contribution is -2.07. The number of imidazole rings is 1. The zero-order valence-electron chi connectivity index (χ0n) is 9.74. The van der Waals surface area contributed by atoms with E-state index in [1.54, 1.807) is 24.4 Å². The van der Waals surface area contributed by atoms with Crippen molar-refractivity contribution in [1.82, 2.24) is 9.55 Å². The van der Waals surface area contributed by atoms with Gasteiger partial charge in [-0.05, 0) is 17.7 Å². The van der Waals surface area contributed by atoms with Gasteiger partial charge in [0, 0.05) is 18.9 Å². The van der Waals surface area contributed by atoms with E-state index in [2.05, 4.69) is 16.9 Å². The summed E-state index contributed by atoms with van der Waals surface area (Å²) in [7, 11) is 0. The highest BCUT2D eigenvalue weighted by molar-refractivity contribution is 6.30. The fourth-order valence-electron chi connectivity index (χ4n) is 1.60. The highest BCUT2D eigenvalue weighted by atomic mass is 35.5. The summed E-state index contributed by atoms with van der Waals surface area (Å²) in [5, 5.41) is 3.25. The first-order chi connectivity index (χ1) is 8.70. The molecule has 0 atom stereocenters. The second-order valence-corrected chi connectivity index (χ2v) is 4.20. The molecule has 0 aliphatic heterocycles. The van der Waals surface area contributed by atoms with Crippen LogP contribution in [0.3, 0.4) is 0 Å². The van der Waals surface area contributed by atoms with Gasteiger partial charge in [-0.2, -0.15) is 0 Å². The van der Waals surface area contributed by atoms with E-state index in [4.69, 9.17) is 11.6 Å². The third-order valence-corrected chi connectivity index (χ3v) is 2.75. The first-order valence-corrected chi connectivity index (χ1v) is 5.88. The Kier molecular flexibility index (Phi) is 3.99. The van der Waals surface area contributed by atoms with Crippen LogP contribution < -0.4 is 5.32 Å². The number of aromatic nitrogens is 2. The molecular formula is C13H13ClFN3. The summed E-state index contributed by atoms with van der Waals surface area (Å²) in [6.45, 7) is 4.86. The van der Waals surface area contributed by atoms with E-state index in [-0.39, 0.29) is 5.02 Å². The van der Waals surface area contributed by atoms with E-state index < -0.39 is 5.82 Å². The van der Waals surface area contributed by atoms with E-state index in [9.17, 15) is 4.39 Å². The molecule has 0 aliphatic rings. The molecule has 2 aromatic rings. The highest BCUT2D eigenvalue weighted by Gasteiger charge is 2.05. The van der Waals surface area contributed by atoms with Crippen molar-refractivity contribution in [2.45, 2.75) is 6.54 Å². The molecule has 0 radical (unpaired) electrons. The quantitative estimate of drug-likeness (QED) is 0.841. The molecule has 0 bridgehead atoms. The Bertz CT molecular complexity index is 551. The summed E-state index contributed by atoms with van der Waals surface area (Å²) in [6.07, 6.45) is 5.31. The van der Waals surface area contributed by atoms with Crippen molar-refractivity contribution in [3.63, 3.8) is 0 Å². The first kappa shape index (κ1) is 12.6. The number of nitrogens with one attached hydrogen (secondary N) is 1. The summed E-state index contributed by atoms with van der Waals surface area (Å²) in [5.41, 5.74) is 0.918. The van der Waals surface area contributed by atoms with Crippen molar-refractivity contribution in [1.29, 1.82) is 0 Å². The van der Waals surface area contributed by atoms with Crippen LogP contribution in [0.15, 0.2) is 43.2 Å². The zero-order chi connectivity index (χ0) is 13.0. The van der Waals surface area contributed by atoms with Crippen LogP contribution in [0.25, 0.3) is 0 Å². The molecule has 5 heteroatoms. The van der Waals surface area contributed by atoms with Crippen molar-refractivity contribution < 1.29 is 4.39 Å². The number of halogens is 2. The second kappa shape index (κ2) is 5.69. The van der Waals surface area contributed by atoms with Gasteiger partial charge in [0.2, 0.25) is 5.95 Å². The van der Waals surface area contributed by atoms with Gasteiger partial charge in [-0.25, -0.2) is 9.37 Å². The van der Waals surface area contributed by atoms with Crippen LogP contribution in [0.1, 0.15) is 5.56 Å². The number of hydrogen-bond acceptors (Lipinski definition) is 2. The monoisotopic (exact) mass is 265 g/mol. The Morgan fingerprint density at radius 3 is 3.06 bits per heavy atom. The van der Waals surface area contributed by atoms with Crippen molar-refractivity contribution in [3.8, 4) is 0 Å². The molecule has 3 nitrogen and oxygen atoms in total. The maximum Gasteiger partial charge on any atom is 0.203 e. The van der Waals surface area contributed by atoms with E-state index in [0.29, 0.717) is 13.1 Å². The van der Waals surface area contributed by atoms with Gasteiger partial charge in [0.1, 0.15) is 5.82 Å². The Morgan fingerprint density at radius 1 is 1.50 bits per heavy atom. The normalized spacial score (nSPS) is 10.3. The van der Waals surface area contributed by atoms with Crippen molar-refractivity contribution >= 4 is 17.5 Å². The standard InChI is InChI=1S/C13H13ClFN3/c1-2-5-16-13-17-6-7-18(13)9-10-3-4-12(15)11(14)8-10/h2-4,6-8H,1,5,9H2,(H,16,17). The van der Waals surface area contributed by atoms with Crippen molar-refractivity contribution in [3.05, 3.63) is 59.7 Å². The Hall–Kier alpha value is -1.81. The number of benzene rings is 1. The smallest absolute Gasteiger partial charge is 0.203 e. The predicted octanol–water partition coefficient (Wildman–Crippen LogP) is 3.32. The fraction of sp³-hybridized carbons (Fsp3) is 0.154. The summed E-state index contributed by atoms with van der Waals surface area (Å²) >= 11 is 5.75. The number of nitrogens with zero attached hydrogens (tertiary/aromatic N) is 2. The summed E-state index contributed by atoms with van der Waals surface area (Å²) in [4.78, 5) is 4.19. The summed E-state index contributed by atoms with van der Waals surface area (Å²) in [6, 6.07) is 4.69. The number of hydrogen-bond donors (Lipinski definition) is 1. The molecule has 2 rings (SSSR count). The Morgan fingerprint density at radius 2 is 2.33 bits per heavy atom. The minimum Gasteiger partial charge on any atom is -0.352 e. The third-order valence-electron chi connectivity index (χ3n) is 2.46. The van der Waals surface area contributed by atoms with Crippen LogP contribution in [0.4, 0.5) is 10.3 Å². The lowest BCUT2D eigenvalue weighted by Gasteiger charge is -2.09. The topological polar surface area (TPSA) is 29.9 Å². The molecule has 0 fully saturated rings. The fourth-order valence-corrected chi connectivity index (χ4v) is 1.81. The largest absolute Gasteiger partial charge is 0.352 e. The molecule has 0 amide bonds. The van der Waals surface area contributed by atoms with Gasteiger partial charge in [0.25, 0.3) is 0 Å². The minimum atomic E-state index is -0.406. The van der Waals surface area contributed by atoms with Crippen LogP contribution >= 0.6 is 11.6 Å². The average molecular weight is 266 g/mol. The molecule has 0 saturated carbocycles.